The van der Waals surface area contributed by atoms with Crippen LogP contribution in [0.2, 0.25) is 5.02 Å². The molecular formula is C19H18ClNO4. The Bertz CT molecular complexity index is 759. The summed E-state index contributed by atoms with van der Waals surface area (Å²) in [5.41, 5.74) is 0.847. The monoisotopic (exact) mass is 359 g/mol. The summed E-state index contributed by atoms with van der Waals surface area (Å²) in [4.78, 5) is 23.5. The van der Waals surface area contributed by atoms with Gasteiger partial charge in [-0.15, -0.1) is 0 Å². The zero-order valence-electron chi connectivity index (χ0n) is 13.7. The van der Waals surface area contributed by atoms with E-state index < -0.39 is 5.97 Å². The van der Waals surface area contributed by atoms with Gasteiger partial charge in [-0.1, -0.05) is 48.0 Å². The van der Waals surface area contributed by atoms with Gasteiger partial charge < -0.3 is 14.8 Å². The van der Waals surface area contributed by atoms with E-state index in [1.54, 1.807) is 30.3 Å². The van der Waals surface area contributed by atoms with Crippen LogP contribution in [0.3, 0.4) is 0 Å². The molecule has 1 amide bonds. The Hall–Kier alpha value is -2.79. The molecule has 0 spiro atoms. The van der Waals surface area contributed by atoms with Crippen LogP contribution in [0.5, 0.6) is 5.75 Å². The van der Waals surface area contributed by atoms with Crippen molar-refractivity contribution in [2.24, 2.45) is 0 Å². The molecule has 25 heavy (non-hydrogen) atoms. The topological polar surface area (TPSA) is 64.6 Å². The van der Waals surface area contributed by atoms with E-state index in [1.807, 2.05) is 30.3 Å². The second-order valence-electron chi connectivity index (χ2n) is 5.09. The molecule has 6 heteroatoms. The minimum atomic E-state index is -0.631. The van der Waals surface area contributed by atoms with E-state index in [2.05, 4.69) is 5.32 Å². The molecule has 0 aliphatic heterocycles. The van der Waals surface area contributed by atoms with Crippen LogP contribution in [0.1, 0.15) is 12.5 Å². The maximum absolute atomic E-state index is 12.2. The third-order valence-corrected chi connectivity index (χ3v) is 3.26. The van der Waals surface area contributed by atoms with Gasteiger partial charge in [0.05, 0.1) is 0 Å². The lowest BCUT2D eigenvalue weighted by Crippen LogP contribution is -2.27. The second-order valence-corrected chi connectivity index (χ2v) is 5.53. The summed E-state index contributed by atoms with van der Waals surface area (Å²) in [6, 6.07) is 16.1. The number of nitrogens with one attached hydrogen (secondary N) is 1. The number of rotatable bonds is 7. The number of carbonyl (C=O) groups is 2. The SMILES string of the molecule is CC(=O)N/C(=C/c1ccccc1)C(=O)OCCOc1cccc(Cl)c1. The minimum Gasteiger partial charge on any atom is -0.490 e. The highest BCUT2D eigenvalue weighted by Gasteiger charge is 2.13. The van der Waals surface area contributed by atoms with Gasteiger partial charge in [0.2, 0.25) is 5.91 Å². The summed E-state index contributed by atoms with van der Waals surface area (Å²) >= 11 is 5.86. The first-order valence-corrected chi connectivity index (χ1v) is 8.02. The van der Waals surface area contributed by atoms with Gasteiger partial charge in [-0.3, -0.25) is 4.79 Å². The molecule has 5 nitrogen and oxygen atoms in total. The van der Waals surface area contributed by atoms with Gasteiger partial charge in [-0.05, 0) is 29.8 Å². The number of esters is 1. The predicted octanol–water partition coefficient (Wildman–Crippen LogP) is 3.44. The minimum absolute atomic E-state index is 0.0388. The third-order valence-electron chi connectivity index (χ3n) is 3.02. The smallest absolute Gasteiger partial charge is 0.354 e. The van der Waals surface area contributed by atoms with E-state index in [-0.39, 0.29) is 24.8 Å². The molecule has 2 rings (SSSR count). The lowest BCUT2D eigenvalue weighted by molar-refractivity contribution is -0.141. The zero-order valence-corrected chi connectivity index (χ0v) is 14.5. The van der Waals surface area contributed by atoms with Gasteiger partial charge in [-0.2, -0.15) is 0 Å². The van der Waals surface area contributed by atoms with E-state index in [1.165, 1.54) is 6.92 Å². The first-order valence-electron chi connectivity index (χ1n) is 7.64. The van der Waals surface area contributed by atoms with E-state index in [0.717, 1.165) is 5.56 Å². The number of amides is 1. The predicted molar refractivity (Wildman–Crippen MR) is 96.1 cm³/mol. The van der Waals surface area contributed by atoms with E-state index in [4.69, 9.17) is 21.1 Å². The second kappa shape index (κ2) is 9.49. The lowest BCUT2D eigenvalue weighted by Gasteiger charge is -2.10. The van der Waals surface area contributed by atoms with Crippen molar-refractivity contribution in [3.05, 3.63) is 70.9 Å². The standard InChI is InChI=1S/C19H18ClNO4/c1-14(22)21-18(12-15-6-3-2-4-7-15)19(23)25-11-10-24-17-9-5-8-16(20)13-17/h2-9,12-13H,10-11H2,1H3,(H,21,22)/b18-12+. The maximum atomic E-state index is 12.2. The Morgan fingerprint density at radius 3 is 2.52 bits per heavy atom. The van der Waals surface area contributed by atoms with Gasteiger partial charge in [0.15, 0.2) is 0 Å². The summed E-state index contributed by atoms with van der Waals surface area (Å²) in [7, 11) is 0. The van der Waals surface area contributed by atoms with E-state index in [0.29, 0.717) is 10.8 Å². The summed E-state index contributed by atoms with van der Waals surface area (Å²) in [6.45, 7) is 1.54. The Kier molecular flexibility index (Phi) is 7.04. The van der Waals surface area contributed by atoms with Crippen molar-refractivity contribution in [3.63, 3.8) is 0 Å². The zero-order chi connectivity index (χ0) is 18.1. The van der Waals surface area contributed by atoms with E-state index >= 15 is 0 Å². The molecule has 2 aromatic rings. The fourth-order valence-electron chi connectivity index (χ4n) is 1.98. The molecule has 0 saturated heterocycles. The number of ether oxygens (including phenoxy) is 2. The Balaban J connectivity index is 1.91. The molecule has 0 bridgehead atoms. The highest BCUT2D eigenvalue weighted by Crippen LogP contribution is 2.16. The molecule has 0 aromatic heterocycles. The van der Waals surface area contributed by atoms with Crippen molar-refractivity contribution in [1.82, 2.24) is 5.32 Å². The highest BCUT2D eigenvalue weighted by molar-refractivity contribution is 6.30. The first kappa shape index (κ1) is 18.5. The van der Waals surface area contributed by atoms with Crippen molar-refractivity contribution >= 4 is 29.6 Å². The molecule has 0 unspecified atom stereocenters. The van der Waals surface area contributed by atoms with E-state index in [9.17, 15) is 9.59 Å². The quantitative estimate of drug-likeness (QED) is 0.467. The van der Waals surface area contributed by atoms with Gasteiger partial charge in [0.25, 0.3) is 0 Å². The average molecular weight is 360 g/mol. The molecule has 2 aromatic carbocycles. The average Bonchev–Trinajstić information content (AvgIpc) is 2.58. The van der Waals surface area contributed by atoms with Crippen molar-refractivity contribution in [2.75, 3.05) is 13.2 Å². The van der Waals surface area contributed by atoms with Crippen LogP contribution in [0.25, 0.3) is 6.08 Å². The largest absolute Gasteiger partial charge is 0.490 e. The van der Waals surface area contributed by atoms with Crippen LogP contribution in [-0.4, -0.2) is 25.1 Å². The lowest BCUT2D eigenvalue weighted by atomic mass is 10.2. The molecule has 0 fully saturated rings. The molecule has 0 saturated carbocycles. The number of hydrogen-bond acceptors (Lipinski definition) is 4. The van der Waals surface area contributed by atoms with Gasteiger partial charge in [-0.25, -0.2) is 4.79 Å². The number of halogens is 1. The normalized spacial score (nSPS) is 10.9. The number of carbonyl (C=O) groups excluding carboxylic acids is 2. The summed E-state index contributed by atoms with van der Waals surface area (Å²) < 4.78 is 10.6. The van der Waals surface area contributed by atoms with Crippen LogP contribution < -0.4 is 10.1 Å². The van der Waals surface area contributed by atoms with Crippen LogP contribution in [-0.2, 0) is 14.3 Å². The molecule has 0 atom stereocenters. The van der Waals surface area contributed by atoms with Crippen molar-refractivity contribution in [1.29, 1.82) is 0 Å². The number of hydrogen-bond donors (Lipinski definition) is 1. The van der Waals surface area contributed by atoms with Crippen LogP contribution in [0, 0.1) is 0 Å². The fourth-order valence-corrected chi connectivity index (χ4v) is 2.16. The van der Waals surface area contributed by atoms with Crippen molar-refractivity contribution < 1.29 is 19.1 Å². The third kappa shape index (κ3) is 6.69. The summed E-state index contributed by atoms with van der Waals surface area (Å²) in [6.07, 6.45) is 1.56. The Labute approximate surface area is 151 Å². The van der Waals surface area contributed by atoms with Crippen molar-refractivity contribution in [3.8, 4) is 5.75 Å². The Morgan fingerprint density at radius 2 is 1.84 bits per heavy atom. The molecular weight excluding hydrogens is 342 g/mol. The van der Waals surface area contributed by atoms with Gasteiger partial charge in [0, 0.05) is 11.9 Å². The van der Waals surface area contributed by atoms with Crippen LogP contribution in [0.15, 0.2) is 60.3 Å². The highest BCUT2D eigenvalue weighted by atomic mass is 35.5. The molecule has 0 aliphatic rings. The fraction of sp³-hybridized carbons (Fsp3) is 0.158. The summed E-state index contributed by atoms with van der Waals surface area (Å²) in [5, 5.41) is 3.05. The van der Waals surface area contributed by atoms with Gasteiger partial charge in [0.1, 0.15) is 24.7 Å². The summed E-state index contributed by atoms with van der Waals surface area (Å²) in [5.74, 6) is -0.395. The van der Waals surface area contributed by atoms with Crippen molar-refractivity contribution in [2.45, 2.75) is 6.92 Å². The number of benzene rings is 2. The van der Waals surface area contributed by atoms with Crippen LogP contribution in [0.4, 0.5) is 0 Å². The Morgan fingerprint density at radius 1 is 1.08 bits per heavy atom. The molecule has 0 heterocycles. The first-order chi connectivity index (χ1) is 12.0. The van der Waals surface area contributed by atoms with Gasteiger partial charge >= 0.3 is 5.97 Å². The molecule has 0 aliphatic carbocycles. The molecule has 0 radical (unpaired) electrons. The van der Waals surface area contributed by atoms with Crippen LogP contribution >= 0.6 is 11.6 Å². The molecule has 130 valence electrons. The maximum Gasteiger partial charge on any atom is 0.354 e. The molecule has 1 N–H and O–H groups in total.